The van der Waals surface area contributed by atoms with Crippen LogP contribution in [0.2, 0.25) is 10.0 Å². The molecule has 0 saturated carbocycles. The summed E-state index contributed by atoms with van der Waals surface area (Å²) in [7, 11) is 0. The molecule has 2 aromatic rings. The van der Waals surface area contributed by atoms with E-state index >= 15 is 0 Å². The molecule has 3 rings (SSSR count). The molecule has 1 atom stereocenters. The maximum absolute atomic E-state index is 12.7. The van der Waals surface area contributed by atoms with E-state index in [0.29, 0.717) is 21.2 Å². The summed E-state index contributed by atoms with van der Waals surface area (Å²) in [5.74, 6) is -1.22. The van der Waals surface area contributed by atoms with E-state index in [2.05, 4.69) is 5.32 Å². The summed E-state index contributed by atoms with van der Waals surface area (Å²) in [4.78, 5) is 37.9. The van der Waals surface area contributed by atoms with E-state index in [4.69, 9.17) is 27.9 Å². The number of esters is 1. The highest BCUT2D eigenvalue weighted by molar-refractivity contribution is 6.42. The van der Waals surface area contributed by atoms with Gasteiger partial charge in [0, 0.05) is 0 Å². The van der Waals surface area contributed by atoms with Crippen LogP contribution >= 0.6 is 23.2 Å². The molecule has 1 N–H and O–H groups in total. The largest absolute Gasteiger partial charge is 0.459 e. The molecule has 2 aromatic carbocycles. The number of ether oxygens (including phenoxy) is 1. The van der Waals surface area contributed by atoms with Crippen LogP contribution in [0.1, 0.15) is 18.1 Å². The molecule has 0 radical (unpaired) electrons. The number of nitrogens with zero attached hydrogens (tertiary/aromatic N) is 1. The van der Waals surface area contributed by atoms with Crippen molar-refractivity contribution in [2.45, 2.75) is 19.1 Å². The Morgan fingerprint density at radius 1 is 1.11 bits per heavy atom. The van der Waals surface area contributed by atoms with Gasteiger partial charge in [0.15, 0.2) is 0 Å². The number of hydrogen-bond acceptors (Lipinski definition) is 4. The van der Waals surface area contributed by atoms with E-state index in [9.17, 15) is 14.4 Å². The van der Waals surface area contributed by atoms with Gasteiger partial charge < -0.3 is 10.1 Å². The molecule has 1 fully saturated rings. The van der Waals surface area contributed by atoms with Gasteiger partial charge in [0.1, 0.15) is 18.7 Å². The number of halogens is 2. The number of rotatable bonds is 5. The van der Waals surface area contributed by atoms with Crippen molar-refractivity contribution in [2.75, 3.05) is 6.54 Å². The fraction of sp³-hybridized carbons (Fsp3) is 0.211. The van der Waals surface area contributed by atoms with Crippen molar-refractivity contribution in [3.8, 4) is 0 Å². The van der Waals surface area contributed by atoms with E-state index in [0.717, 1.165) is 4.90 Å². The predicted molar refractivity (Wildman–Crippen MR) is 100 cm³/mol. The lowest BCUT2D eigenvalue weighted by Crippen LogP contribution is -2.41. The van der Waals surface area contributed by atoms with Crippen molar-refractivity contribution in [1.29, 1.82) is 0 Å². The van der Waals surface area contributed by atoms with Crippen LogP contribution in [0.5, 0.6) is 0 Å². The van der Waals surface area contributed by atoms with Crippen molar-refractivity contribution >= 4 is 41.1 Å². The first-order chi connectivity index (χ1) is 12.8. The number of amides is 3. The second kappa shape index (κ2) is 7.58. The molecule has 0 aliphatic carbocycles. The summed E-state index contributed by atoms with van der Waals surface area (Å²) in [6, 6.07) is 13.0. The number of carbonyl (C=O) groups is 3. The van der Waals surface area contributed by atoms with Gasteiger partial charge in [0.05, 0.1) is 10.0 Å². The molecule has 1 saturated heterocycles. The quantitative estimate of drug-likeness (QED) is 0.608. The van der Waals surface area contributed by atoms with Gasteiger partial charge in [-0.05, 0) is 30.2 Å². The van der Waals surface area contributed by atoms with Gasteiger partial charge >= 0.3 is 12.0 Å². The Morgan fingerprint density at radius 3 is 2.48 bits per heavy atom. The van der Waals surface area contributed by atoms with Gasteiger partial charge in [0.25, 0.3) is 5.91 Å². The van der Waals surface area contributed by atoms with Crippen LogP contribution in [0.15, 0.2) is 48.5 Å². The van der Waals surface area contributed by atoms with Gasteiger partial charge in [0.2, 0.25) is 0 Å². The molecule has 0 spiro atoms. The summed E-state index contributed by atoms with van der Waals surface area (Å²) in [5, 5.41) is 3.38. The minimum Gasteiger partial charge on any atom is -0.459 e. The first-order valence-electron chi connectivity index (χ1n) is 8.10. The van der Waals surface area contributed by atoms with Gasteiger partial charge in [-0.15, -0.1) is 0 Å². The number of nitrogens with one attached hydrogen (secondary N) is 1. The minimum atomic E-state index is -1.22. The van der Waals surface area contributed by atoms with E-state index in [1.165, 1.54) is 0 Å². The summed E-state index contributed by atoms with van der Waals surface area (Å²) >= 11 is 11.8. The van der Waals surface area contributed by atoms with Crippen molar-refractivity contribution in [1.82, 2.24) is 10.2 Å². The normalized spacial score (nSPS) is 19.1. The average molecular weight is 407 g/mol. The van der Waals surface area contributed by atoms with Gasteiger partial charge in [-0.25, -0.2) is 4.79 Å². The van der Waals surface area contributed by atoms with Crippen LogP contribution in [0.4, 0.5) is 4.79 Å². The standard InChI is InChI=1S/C19H16Cl2N2O4/c1-19(13-5-3-2-4-6-13)17(25)23(18(26)22-19)10-16(24)27-11-12-7-8-14(20)15(21)9-12/h2-9H,10-11H2,1H3,(H,22,26)/t19-/m0/s1. The number of urea groups is 1. The zero-order valence-electron chi connectivity index (χ0n) is 14.4. The molecule has 1 aliphatic rings. The van der Waals surface area contributed by atoms with Gasteiger partial charge in [-0.1, -0.05) is 59.6 Å². The zero-order valence-corrected chi connectivity index (χ0v) is 15.9. The lowest BCUT2D eigenvalue weighted by molar-refractivity contribution is -0.148. The molecule has 1 aliphatic heterocycles. The second-order valence-electron chi connectivity index (χ2n) is 6.22. The Morgan fingerprint density at radius 2 is 1.81 bits per heavy atom. The first kappa shape index (κ1) is 19.2. The molecule has 1 heterocycles. The maximum atomic E-state index is 12.7. The molecule has 6 nitrogen and oxygen atoms in total. The Balaban J connectivity index is 1.64. The van der Waals surface area contributed by atoms with E-state index < -0.39 is 30.0 Å². The molecular formula is C19H16Cl2N2O4. The van der Waals surface area contributed by atoms with Crippen molar-refractivity contribution in [3.05, 3.63) is 69.7 Å². The Hall–Kier alpha value is -2.57. The summed E-state index contributed by atoms with van der Waals surface area (Å²) in [6.07, 6.45) is 0. The van der Waals surface area contributed by atoms with Gasteiger partial charge in [-0.2, -0.15) is 0 Å². The smallest absolute Gasteiger partial charge is 0.326 e. The fourth-order valence-electron chi connectivity index (χ4n) is 2.78. The van der Waals surface area contributed by atoms with Crippen LogP contribution in [0.25, 0.3) is 0 Å². The van der Waals surface area contributed by atoms with Crippen LogP contribution in [-0.2, 0) is 26.5 Å². The summed E-state index contributed by atoms with van der Waals surface area (Å²) < 4.78 is 5.14. The third-order valence-corrected chi connectivity index (χ3v) is 5.04. The number of imide groups is 1. The number of benzene rings is 2. The predicted octanol–water partition coefficient (Wildman–Crippen LogP) is 3.50. The van der Waals surface area contributed by atoms with Crippen LogP contribution in [0.3, 0.4) is 0 Å². The molecule has 27 heavy (non-hydrogen) atoms. The Bertz CT molecular complexity index is 904. The van der Waals surface area contributed by atoms with Crippen molar-refractivity contribution < 1.29 is 19.1 Å². The van der Waals surface area contributed by atoms with Crippen molar-refractivity contribution in [3.63, 3.8) is 0 Å². The molecular weight excluding hydrogens is 391 g/mol. The highest BCUT2D eigenvalue weighted by atomic mass is 35.5. The third kappa shape index (κ3) is 3.91. The Kier molecular flexibility index (Phi) is 5.39. The van der Waals surface area contributed by atoms with Crippen LogP contribution < -0.4 is 5.32 Å². The highest BCUT2D eigenvalue weighted by Crippen LogP contribution is 2.28. The lowest BCUT2D eigenvalue weighted by Gasteiger charge is -2.21. The number of carbonyl (C=O) groups excluding carboxylic acids is 3. The Labute approximate surface area is 166 Å². The van der Waals surface area contributed by atoms with E-state index in [1.807, 2.05) is 6.07 Å². The monoisotopic (exact) mass is 406 g/mol. The molecule has 3 amide bonds. The number of hydrogen-bond donors (Lipinski definition) is 1. The third-order valence-electron chi connectivity index (χ3n) is 4.30. The SMILES string of the molecule is C[C@@]1(c2ccccc2)NC(=O)N(CC(=O)OCc2ccc(Cl)c(Cl)c2)C1=O. The maximum Gasteiger partial charge on any atom is 0.326 e. The molecule has 0 unspecified atom stereocenters. The van der Waals surface area contributed by atoms with E-state index in [-0.39, 0.29) is 6.61 Å². The first-order valence-corrected chi connectivity index (χ1v) is 8.86. The topological polar surface area (TPSA) is 75.7 Å². The minimum absolute atomic E-state index is 0.0463. The van der Waals surface area contributed by atoms with Crippen molar-refractivity contribution in [2.24, 2.45) is 0 Å². The summed E-state index contributed by atoms with van der Waals surface area (Å²) in [6.45, 7) is 1.08. The molecule has 0 bridgehead atoms. The lowest BCUT2D eigenvalue weighted by atomic mass is 9.92. The molecule has 8 heteroatoms. The van der Waals surface area contributed by atoms with Gasteiger partial charge in [-0.3, -0.25) is 14.5 Å². The molecule has 0 aromatic heterocycles. The zero-order chi connectivity index (χ0) is 19.6. The van der Waals surface area contributed by atoms with Crippen LogP contribution in [0, 0.1) is 0 Å². The fourth-order valence-corrected chi connectivity index (χ4v) is 3.10. The van der Waals surface area contributed by atoms with E-state index in [1.54, 1.807) is 49.4 Å². The second-order valence-corrected chi connectivity index (χ2v) is 7.04. The highest BCUT2D eigenvalue weighted by Gasteiger charge is 2.49. The summed E-state index contributed by atoms with van der Waals surface area (Å²) in [5.41, 5.74) is 0.0570. The average Bonchev–Trinajstić information content (AvgIpc) is 2.87. The molecule has 140 valence electrons. The van der Waals surface area contributed by atoms with Crippen LogP contribution in [-0.4, -0.2) is 29.4 Å².